The number of carboxylic acids is 1. The maximum absolute atomic E-state index is 12.5. The number of anilines is 1. The average molecular weight is 477 g/mol. The van der Waals surface area contributed by atoms with E-state index in [-0.39, 0.29) is 30.1 Å². The lowest BCUT2D eigenvalue weighted by Gasteiger charge is -2.49. The molecule has 0 unspecified atom stereocenters. The number of rotatable bonds is 5. The number of hydrogen-bond donors (Lipinski definition) is 1. The number of aliphatic carboxylic acids is 1. The van der Waals surface area contributed by atoms with Gasteiger partial charge in [-0.15, -0.1) is 12.4 Å². The zero-order valence-electron chi connectivity index (χ0n) is 20.0. The largest absolute Gasteiger partial charge is 0.478 e. The van der Waals surface area contributed by atoms with Gasteiger partial charge in [0.1, 0.15) is 0 Å². The van der Waals surface area contributed by atoms with E-state index in [9.17, 15) is 14.7 Å². The van der Waals surface area contributed by atoms with Crippen LogP contribution >= 0.6 is 12.4 Å². The summed E-state index contributed by atoms with van der Waals surface area (Å²) < 4.78 is 4.98. The second-order valence-corrected chi connectivity index (χ2v) is 9.95. The zero-order chi connectivity index (χ0) is 22.9. The third-order valence-electron chi connectivity index (χ3n) is 8.14. The summed E-state index contributed by atoms with van der Waals surface area (Å²) in [5.41, 5.74) is 0.796. The molecule has 4 rings (SSSR count). The predicted octanol–water partition coefficient (Wildman–Crippen LogP) is 4.53. The molecule has 7 heteroatoms. The first-order chi connectivity index (χ1) is 15.4. The van der Waals surface area contributed by atoms with Gasteiger partial charge in [0.2, 0.25) is 0 Å². The Hall–Kier alpha value is -2.05. The molecule has 1 aromatic rings. The van der Waals surface area contributed by atoms with Crippen LogP contribution in [-0.4, -0.2) is 60.3 Å². The molecule has 0 amide bonds. The normalized spacial score (nSPS) is 25.3. The molecule has 1 saturated heterocycles. The van der Waals surface area contributed by atoms with Crippen LogP contribution in [0.4, 0.5) is 5.69 Å². The van der Waals surface area contributed by atoms with Crippen molar-refractivity contribution in [1.29, 1.82) is 0 Å². The molecule has 2 heterocycles. The van der Waals surface area contributed by atoms with Crippen molar-refractivity contribution in [3.8, 4) is 0 Å². The summed E-state index contributed by atoms with van der Waals surface area (Å²) in [6.45, 7) is 6.63. The summed E-state index contributed by atoms with van der Waals surface area (Å²) in [7, 11) is 1.32. The maximum Gasteiger partial charge on any atom is 0.336 e. The number of benzene rings is 1. The van der Waals surface area contributed by atoms with Crippen LogP contribution in [0.1, 0.15) is 52.4 Å². The molecule has 0 atom stereocenters. The number of para-hydroxylation sites is 1. The van der Waals surface area contributed by atoms with E-state index in [1.165, 1.54) is 32.8 Å². The summed E-state index contributed by atoms with van der Waals surface area (Å²) in [5, 5.41) is 10.2. The van der Waals surface area contributed by atoms with Crippen molar-refractivity contribution >= 4 is 30.0 Å². The van der Waals surface area contributed by atoms with Gasteiger partial charge in [0.25, 0.3) is 0 Å². The fourth-order valence-corrected chi connectivity index (χ4v) is 6.28. The van der Waals surface area contributed by atoms with Crippen molar-refractivity contribution in [3.63, 3.8) is 0 Å². The molecular formula is C26H37ClN2O4. The zero-order valence-corrected chi connectivity index (χ0v) is 20.8. The smallest absolute Gasteiger partial charge is 0.336 e. The minimum absolute atomic E-state index is 0. The van der Waals surface area contributed by atoms with Crippen LogP contribution in [0.5, 0.6) is 0 Å². The Morgan fingerprint density at radius 1 is 1.06 bits per heavy atom. The summed E-state index contributed by atoms with van der Waals surface area (Å²) in [4.78, 5) is 29.7. The lowest BCUT2D eigenvalue weighted by molar-refractivity contribution is -0.138. The maximum atomic E-state index is 12.5. The van der Waals surface area contributed by atoms with E-state index in [2.05, 4.69) is 23.6 Å². The van der Waals surface area contributed by atoms with Crippen LogP contribution in [0, 0.1) is 11.8 Å². The monoisotopic (exact) mass is 476 g/mol. The van der Waals surface area contributed by atoms with E-state index in [0.29, 0.717) is 18.9 Å². The van der Waals surface area contributed by atoms with Gasteiger partial charge in [0.15, 0.2) is 0 Å². The predicted molar refractivity (Wildman–Crippen MR) is 132 cm³/mol. The second-order valence-electron chi connectivity index (χ2n) is 9.95. The molecule has 6 nitrogen and oxygen atoms in total. The van der Waals surface area contributed by atoms with Crippen molar-refractivity contribution < 1.29 is 19.4 Å². The number of carbonyl (C=O) groups is 2. The number of likely N-dealkylation sites (tertiary alicyclic amines) is 1. The summed E-state index contributed by atoms with van der Waals surface area (Å²) >= 11 is 0. The van der Waals surface area contributed by atoms with Crippen LogP contribution in [-0.2, 0) is 14.3 Å². The number of carbonyl (C=O) groups excluding carboxylic acids is 1. The topological polar surface area (TPSA) is 70.1 Å². The number of ether oxygens (including phenoxy) is 1. The molecule has 1 N–H and O–H groups in total. The molecule has 33 heavy (non-hydrogen) atoms. The average Bonchev–Trinajstić information content (AvgIpc) is 3.14. The second kappa shape index (κ2) is 10.5. The highest BCUT2D eigenvalue weighted by Gasteiger charge is 2.53. The molecule has 1 spiro atoms. The van der Waals surface area contributed by atoms with Crippen molar-refractivity contribution in [3.05, 3.63) is 41.5 Å². The SMILES string of the molecule is COC(=O)C1=C(C(=O)O)C2(CCN(C3CCC(C(C)C)CC3)CC2)N(c2ccccc2)C1.Cl. The van der Waals surface area contributed by atoms with Crippen molar-refractivity contribution in [2.45, 2.75) is 64.0 Å². The van der Waals surface area contributed by atoms with E-state index >= 15 is 0 Å². The van der Waals surface area contributed by atoms with Crippen LogP contribution in [0.3, 0.4) is 0 Å². The number of halogens is 1. The van der Waals surface area contributed by atoms with E-state index in [4.69, 9.17) is 4.74 Å². The van der Waals surface area contributed by atoms with Gasteiger partial charge in [0.05, 0.1) is 30.3 Å². The number of piperidine rings is 1. The first kappa shape index (κ1) is 25.6. The molecule has 3 aliphatic rings. The molecule has 1 aliphatic carbocycles. The number of nitrogens with zero attached hydrogens (tertiary/aromatic N) is 2. The van der Waals surface area contributed by atoms with Gasteiger partial charge in [-0.05, 0) is 62.5 Å². The Kier molecular flexibility index (Phi) is 8.12. The molecule has 0 radical (unpaired) electrons. The van der Waals surface area contributed by atoms with Crippen molar-refractivity contribution in [2.24, 2.45) is 11.8 Å². The van der Waals surface area contributed by atoms with Gasteiger partial charge in [-0.1, -0.05) is 32.0 Å². The first-order valence-corrected chi connectivity index (χ1v) is 12.0. The molecule has 182 valence electrons. The van der Waals surface area contributed by atoms with E-state index in [1.807, 2.05) is 30.3 Å². The Balaban J connectivity index is 0.00000306. The van der Waals surface area contributed by atoms with Crippen molar-refractivity contribution in [1.82, 2.24) is 4.90 Å². The van der Waals surface area contributed by atoms with Gasteiger partial charge in [-0.2, -0.15) is 0 Å². The van der Waals surface area contributed by atoms with E-state index < -0.39 is 17.5 Å². The minimum atomic E-state index is -1.00. The highest BCUT2D eigenvalue weighted by atomic mass is 35.5. The lowest BCUT2D eigenvalue weighted by atomic mass is 9.76. The third-order valence-corrected chi connectivity index (χ3v) is 8.14. The minimum Gasteiger partial charge on any atom is -0.478 e. The molecule has 0 bridgehead atoms. The standard InChI is InChI=1S/C26H36N2O4.ClH/c1-18(2)19-9-11-20(12-10-19)27-15-13-26(14-16-27)23(24(29)30)22(25(31)32-3)17-28(26)21-7-5-4-6-8-21;/h4-8,18-20H,9-17H2,1-3H3,(H,29,30);1H. The fourth-order valence-electron chi connectivity index (χ4n) is 6.28. The third kappa shape index (κ3) is 4.78. The van der Waals surface area contributed by atoms with E-state index in [0.717, 1.165) is 30.6 Å². The summed E-state index contributed by atoms with van der Waals surface area (Å²) in [5.74, 6) is 0.0396. The molecule has 1 saturated carbocycles. The highest BCUT2D eigenvalue weighted by Crippen LogP contribution is 2.46. The Morgan fingerprint density at radius 3 is 2.18 bits per heavy atom. The quantitative estimate of drug-likeness (QED) is 0.629. The van der Waals surface area contributed by atoms with Crippen LogP contribution < -0.4 is 4.90 Å². The molecule has 2 aliphatic heterocycles. The number of hydrogen-bond acceptors (Lipinski definition) is 5. The Morgan fingerprint density at radius 2 is 1.67 bits per heavy atom. The highest BCUT2D eigenvalue weighted by molar-refractivity contribution is 6.04. The molecule has 1 aromatic carbocycles. The fraction of sp³-hybridized carbons (Fsp3) is 0.615. The Labute approximate surface area is 203 Å². The van der Waals surface area contributed by atoms with Gasteiger partial charge < -0.3 is 19.6 Å². The van der Waals surface area contributed by atoms with Gasteiger partial charge in [-0.25, -0.2) is 9.59 Å². The summed E-state index contributed by atoms with van der Waals surface area (Å²) in [6.07, 6.45) is 6.43. The number of carboxylic acid groups (broad SMARTS) is 1. The van der Waals surface area contributed by atoms with Gasteiger partial charge in [-0.3, -0.25) is 0 Å². The van der Waals surface area contributed by atoms with Gasteiger partial charge in [0, 0.05) is 24.8 Å². The molecule has 0 aromatic heterocycles. The first-order valence-electron chi connectivity index (χ1n) is 12.0. The summed E-state index contributed by atoms with van der Waals surface area (Å²) in [6, 6.07) is 10.5. The molecule has 2 fully saturated rings. The van der Waals surface area contributed by atoms with Crippen molar-refractivity contribution in [2.75, 3.05) is 31.6 Å². The van der Waals surface area contributed by atoms with E-state index in [1.54, 1.807) is 0 Å². The number of esters is 1. The number of methoxy groups -OCH3 is 1. The van der Waals surface area contributed by atoms with Crippen LogP contribution in [0.2, 0.25) is 0 Å². The van der Waals surface area contributed by atoms with Crippen LogP contribution in [0.25, 0.3) is 0 Å². The van der Waals surface area contributed by atoms with Crippen LogP contribution in [0.15, 0.2) is 41.5 Å². The van der Waals surface area contributed by atoms with Gasteiger partial charge >= 0.3 is 11.9 Å². The Bertz CT molecular complexity index is 870. The molecular weight excluding hydrogens is 440 g/mol. The lowest BCUT2D eigenvalue weighted by Crippen LogP contribution is -2.57.